The van der Waals surface area contributed by atoms with Crippen LogP contribution < -0.4 is 0 Å². The number of hydrogen-bond acceptors (Lipinski definition) is 5. The molecule has 7 atom stereocenters. The van der Waals surface area contributed by atoms with E-state index >= 15 is 0 Å². The zero-order valence-electron chi connectivity index (χ0n) is 21.1. The predicted octanol–water partition coefficient (Wildman–Crippen LogP) is 2.31. The average Bonchev–Trinajstić information content (AvgIpc) is 3.09. The molecule has 0 aromatic heterocycles. The molecule has 3 amide bonds. The van der Waals surface area contributed by atoms with E-state index in [1.54, 1.807) is 28.6 Å². The first-order valence-electron chi connectivity index (χ1n) is 12.7. The van der Waals surface area contributed by atoms with E-state index in [2.05, 4.69) is 19.1 Å². The molecule has 0 aliphatic carbocycles. The first-order valence-corrected chi connectivity index (χ1v) is 13.5. The summed E-state index contributed by atoms with van der Waals surface area (Å²) in [5, 5.41) is 10.4. The number of carbonyl (C=O) groups is 3. The van der Waals surface area contributed by atoms with Crippen LogP contribution in [0.1, 0.15) is 47.0 Å². The van der Waals surface area contributed by atoms with Crippen LogP contribution in [-0.4, -0.2) is 92.4 Å². The summed E-state index contributed by atoms with van der Waals surface area (Å²) < 4.78 is -1.42. The average molecular weight is 490 g/mol. The zero-order chi connectivity index (χ0) is 24.8. The molecular formula is C26H39N3O4S. The largest absolute Gasteiger partial charge is 0.394 e. The molecule has 0 saturated carbocycles. The Balaban J connectivity index is 1.89. The second-order valence-corrected chi connectivity index (χ2v) is 12.3. The van der Waals surface area contributed by atoms with Crippen LogP contribution in [0.4, 0.5) is 0 Å². The van der Waals surface area contributed by atoms with Crippen molar-refractivity contribution >= 4 is 29.5 Å². The number of unbranched alkanes of at least 4 members (excludes halogenated alkanes) is 1. The molecule has 0 bridgehead atoms. The first-order chi connectivity index (χ1) is 16.2. The van der Waals surface area contributed by atoms with Crippen molar-refractivity contribution in [1.29, 1.82) is 0 Å². The number of thioether (sulfide) groups is 1. The Morgan fingerprint density at radius 2 is 1.79 bits per heavy atom. The third kappa shape index (κ3) is 3.63. The van der Waals surface area contributed by atoms with Gasteiger partial charge in [-0.25, -0.2) is 0 Å². The number of likely N-dealkylation sites (tertiary alicyclic amines) is 1. The summed E-state index contributed by atoms with van der Waals surface area (Å²) in [7, 11) is 1.78. The van der Waals surface area contributed by atoms with Gasteiger partial charge in [-0.1, -0.05) is 57.9 Å². The highest BCUT2D eigenvalue weighted by Gasteiger charge is 2.74. The number of fused-ring (bicyclic) bond motifs is 2. The van der Waals surface area contributed by atoms with Crippen LogP contribution in [0.5, 0.6) is 0 Å². The Hall–Kier alpha value is -1.80. The molecule has 2 fully saturated rings. The van der Waals surface area contributed by atoms with Gasteiger partial charge >= 0.3 is 0 Å². The van der Waals surface area contributed by atoms with Gasteiger partial charge in [0.2, 0.25) is 17.7 Å². The molecule has 1 N–H and O–H groups in total. The van der Waals surface area contributed by atoms with Crippen LogP contribution in [0, 0.1) is 17.8 Å². The van der Waals surface area contributed by atoms with E-state index in [9.17, 15) is 19.5 Å². The SMILES string of the molecule is CCCCN1CC=C[C@]23S[C@@]4(C)C=CCN(C)C(=O)[C@H]4[C@H]2C(=O)N([C@@H](CO)[C@@H](C)CC)C3C1=O. The van der Waals surface area contributed by atoms with Gasteiger partial charge in [-0.05, 0) is 19.3 Å². The standard InChI is InChI=1S/C26H39N3O4S/c1-6-8-14-28-15-10-12-26-20(19-22(31)27(5)13-9-11-25(19,4)34-26)23(32)29(21(26)24(28)33)18(16-30)17(3)7-2/h9-12,17-21,30H,6-8,13-16H2,1-5H3/t17-,18-,19+,20-,21?,25-,26-/m0/s1. The lowest BCUT2D eigenvalue weighted by Gasteiger charge is -2.41. The number of likely N-dealkylation sites (N-methyl/N-ethyl adjacent to an activating group) is 1. The van der Waals surface area contributed by atoms with Crippen molar-refractivity contribution < 1.29 is 19.5 Å². The van der Waals surface area contributed by atoms with Gasteiger partial charge in [-0.2, -0.15) is 0 Å². The van der Waals surface area contributed by atoms with Crippen molar-refractivity contribution in [2.45, 2.75) is 68.5 Å². The maximum absolute atomic E-state index is 14.3. The predicted molar refractivity (Wildman–Crippen MR) is 134 cm³/mol. The third-order valence-corrected chi connectivity index (χ3v) is 10.2. The molecule has 0 aromatic carbocycles. The molecule has 4 rings (SSSR count). The summed E-state index contributed by atoms with van der Waals surface area (Å²) in [5.74, 6) is -1.45. The summed E-state index contributed by atoms with van der Waals surface area (Å²) in [4.78, 5) is 47.3. The molecule has 1 unspecified atom stereocenters. The maximum Gasteiger partial charge on any atom is 0.247 e. The lowest BCUT2D eigenvalue weighted by atomic mass is 9.74. The van der Waals surface area contributed by atoms with E-state index in [1.165, 1.54) is 0 Å². The highest BCUT2D eigenvalue weighted by Crippen LogP contribution is 2.65. The molecule has 1 spiro atoms. The van der Waals surface area contributed by atoms with E-state index in [1.807, 2.05) is 37.8 Å². The Bertz CT molecular complexity index is 906. The van der Waals surface area contributed by atoms with Gasteiger partial charge in [0.1, 0.15) is 6.04 Å². The summed E-state index contributed by atoms with van der Waals surface area (Å²) in [6, 6.07) is -1.19. The second-order valence-electron chi connectivity index (χ2n) is 10.5. The van der Waals surface area contributed by atoms with E-state index in [4.69, 9.17) is 0 Å². The molecule has 2 saturated heterocycles. The molecule has 4 heterocycles. The summed E-state index contributed by atoms with van der Waals surface area (Å²) in [5.41, 5.74) is 0. The normalized spacial score (nSPS) is 36.8. The molecule has 4 aliphatic heterocycles. The topological polar surface area (TPSA) is 81.2 Å². The highest BCUT2D eigenvalue weighted by molar-refractivity contribution is 8.02. The van der Waals surface area contributed by atoms with Crippen molar-refractivity contribution in [3.63, 3.8) is 0 Å². The number of amides is 3. The van der Waals surface area contributed by atoms with Crippen LogP contribution in [0.15, 0.2) is 24.3 Å². The van der Waals surface area contributed by atoms with Gasteiger partial charge in [0.15, 0.2) is 0 Å². The second kappa shape index (κ2) is 9.34. The van der Waals surface area contributed by atoms with Crippen LogP contribution >= 0.6 is 11.8 Å². The molecular weight excluding hydrogens is 450 g/mol. The van der Waals surface area contributed by atoms with Crippen molar-refractivity contribution in [3.05, 3.63) is 24.3 Å². The highest BCUT2D eigenvalue weighted by atomic mass is 32.2. The fourth-order valence-corrected chi connectivity index (χ4v) is 8.50. The number of hydrogen-bond donors (Lipinski definition) is 1. The van der Waals surface area contributed by atoms with Gasteiger partial charge in [0.25, 0.3) is 0 Å². The van der Waals surface area contributed by atoms with E-state index in [-0.39, 0.29) is 30.2 Å². The Morgan fingerprint density at radius 3 is 2.44 bits per heavy atom. The summed E-state index contributed by atoms with van der Waals surface area (Å²) in [6.07, 6.45) is 10.8. The molecule has 7 nitrogen and oxygen atoms in total. The number of nitrogens with zero attached hydrogens (tertiary/aromatic N) is 3. The molecule has 0 aromatic rings. The summed E-state index contributed by atoms with van der Waals surface area (Å²) in [6.45, 7) is 9.64. The van der Waals surface area contributed by atoms with Crippen molar-refractivity contribution in [2.75, 3.05) is 33.3 Å². The van der Waals surface area contributed by atoms with Crippen LogP contribution in [0.2, 0.25) is 0 Å². The quantitative estimate of drug-likeness (QED) is 0.555. The number of aliphatic hydroxyl groups excluding tert-OH is 1. The zero-order valence-corrected chi connectivity index (χ0v) is 21.9. The van der Waals surface area contributed by atoms with Gasteiger partial charge < -0.3 is 19.8 Å². The van der Waals surface area contributed by atoms with Crippen LogP contribution in [-0.2, 0) is 14.4 Å². The van der Waals surface area contributed by atoms with Gasteiger partial charge in [0.05, 0.1) is 29.2 Å². The van der Waals surface area contributed by atoms with Crippen molar-refractivity contribution in [3.8, 4) is 0 Å². The number of carbonyl (C=O) groups excluding carboxylic acids is 3. The van der Waals surface area contributed by atoms with Crippen molar-refractivity contribution in [2.24, 2.45) is 17.8 Å². The Kier molecular flexibility index (Phi) is 6.95. The van der Waals surface area contributed by atoms with Gasteiger partial charge in [-0.15, -0.1) is 11.8 Å². The minimum absolute atomic E-state index is 0.0257. The Labute approximate surface area is 207 Å². The van der Waals surface area contributed by atoms with Crippen LogP contribution in [0.3, 0.4) is 0 Å². The maximum atomic E-state index is 14.3. The Morgan fingerprint density at radius 1 is 1.09 bits per heavy atom. The smallest absolute Gasteiger partial charge is 0.247 e. The van der Waals surface area contributed by atoms with Crippen molar-refractivity contribution in [1.82, 2.24) is 14.7 Å². The summed E-state index contributed by atoms with van der Waals surface area (Å²) >= 11 is 1.60. The first kappa shape index (κ1) is 25.3. The monoisotopic (exact) mass is 489 g/mol. The number of rotatable bonds is 7. The number of aliphatic hydroxyl groups is 1. The van der Waals surface area contributed by atoms with E-state index < -0.39 is 33.4 Å². The lowest BCUT2D eigenvalue weighted by Crippen LogP contribution is -2.58. The van der Waals surface area contributed by atoms with E-state index in [0.717, 1.165) is 19.3 Å². The minimum atomic E-state index is -0.840. The molecule has 34 heavy (non-hydrogen) atoms. The molecule has 8 heteroatoms. The fraction of sp³-hybridized carbons (Fsp3) is 0.731. The van der Waals surface area contributed by atoms with Gasteiger partial charge in [0, 0.05) is 31.4 Å². The molecule has 4 aliphatic rings. The molecule has 0 radical (unpaired) electrons. The third-order valence-electron chi connectivity index (χ3n) is 8.41. The van der Waals surface area contributed by atoms with E-state index in [0.29, 0.717) is 19.6 Å². The molecule has 188 valence electrons. The fourth-order valence-electron chi connectivity index (χ4n) is 6.35. The van der Waals surface area contributed by atoms with Crippen LogP contribution in [0.25, 0.3) is 0 Å². The minimum Gasteiger partial charge on any atom is -0.394 e. The van der Waals surface area contributed by atoms with Gasteiger partial charge in [-0.3, -0.25) is 14.4 Å². The lowest BCUT2D eigenvalue weighted by molar-refractivity contribution is -0.148.